The molecule has 4 unspecified atom stereocenters. The number of nitrogens with zero attached hydrogens (tertiary/aromatic N) is 1. The summed E-state index contributed by atoms with van der Waals surface area (Å²) in [6, 6.07) is 10.3. The molecule has 1 aromatic rings. The second-order valence-electron chi connectivity index (χ2n) is 7.38. The molecule has 0 saturated carbocycles. The third-order valence-corrected chi connectivity index (χ3v) is 5.94. The van der Waals surface area contributed by atoms with Crippen molar-refractivity contribution in [2.75, 3.05) is 0 Å². The first-order valence-electron chi connectivity index (χ1n) is 8.83. The monoisotopic (exact) mass is 333 g/mol. The number of benzene rings is 1. The molecule has 2 rings (SSSR count). The van der Waals surface area contributed by atoms with Gasteiger partial charge in [-0.2, -0.15) is 5.06 Å². The minimum absolute atomic E-state index is 0. The van der Waals surface area contributed by atoms with E-state index in [9.17, 15) is 4.79 Å². The van der Waals surface area contributed by atoms with E-state index in [4.69, 9.17) is 4.84 Å². The Morgan fingerprint density at radius 2 is 1.79 bits per heavy atom. The van der Waals surface area contributed by atoms with Gasteiger partial charge in [0.25, 0.3) is 0 Å². The highest BCUT2D eigenvalue weighted by molar-refractivity contribution is 5.84. The molecule has 0 bridgehead atoms. The molecule has 1 aliphatic rings. The maximum Gasteiger partial charge on any atom is 0.139 e. The molecule has 0 spiro atoms. The number of carbonyl (C=O) groups is 1. The van der Waals surface area contributed by atoms with Gasteiger partial charge in [-0.1, -0.05) is 58.5 Å². The summed E-state index contributed by atoms with van der Waals surface area (Å²) in [4.78, 5) is 19.1. The smallest absolute Gasteiger partial charge is 0.139 e. The second kappa shape index (κ2) is 7.79. The van der Waals surface area contributed by atoms with Gasteiger partial charge in [-0.05, 0) is 39.2 Å². The molecule has 24 heavy (non-hydrogen) atoms. The van der Waals surface area contributed by atoms with Crippen LogP contribution < -0.4 is 0 Å². The quantitative estimate of drug-likeness (QED) is 0.706. The summed E-state index contributed by atoms with van der Waals surface area (Å²) in [5.74, 6) is 0.334. The first-order valence-corrected chi connectivity index (χ1v) is 8.83. The zero-order valence-corrected chi connectivity index (χ0v) is 15.4. The number of Topliss-reactive ketones (excluding diaryl/α,β-unsaturated/α-hetero) is 1. The van der Waals surface area contributed by atoms with Gasteiger partial charge in [-0.25, -0.2) is 0 Å². The fraction of sp³-hybridized carbons (Fsp3) is 0.667. The van der Waals surface area contributed by atoms with Crippen LogP contribution in [0.2, 0.25) is 0 Å². The highest BCUT2D eigenvalue weighted by Gasteiger charge is 2.53. The van der Waals surface area contributed by atoms with Crippen LogP contribution in [0.3, 0.4) is 0 Å². The van der Waals surface area contributed by atoms with Crippen molar-refractivity contribution in [2.45, 2.75) is 85.4 Å². The molecule has 3 heteroatoms. The summed E-state index contributed by atoms with van der Waals surface area (Å²) in [5.41, 5.74) is 0.634. The van der Waals surface area contributed by atoms with E-state index >= 15 is 0 Å². The number of hydrogen-bond donors (Lipinski definition) is 0. The van der Waals surface area contributed by atoms with Crippen molar-refractivity contribution in [3.63, 3.8) is 0 Å². The number of hydrogen-bond acceptors (Lipinski definition) is 3. The van der Waals surface area contributed by atoms with Gasteiger partial charge in [0.15, 0.2) is 0 Å². The third kappa shape index (κ3) is 3.57. The lowest BCUT2D eigenvalue weighted by molar-refractivity contribution is -0.315. The van der Waals surface area contributed by atoms with E-state index in [-0.39, 0.29) is 30.5 Å². The van der Waals surface area contributed by atoms with Crippen molar-refractivity contribution in [1.29, 1.82) is 0 Å². The minimum atomic E-state index is -0.275. The van der Waals surface area contributed by atoms with E-state index < -0.39 is 0 Å². The minimum Gasteiger partial charge on any atom is -0.299 e. The zero-order valence-electron chi connectivity index (χ0n) is 15.4. The number of rotatable bonds is 5. The Balaban J connectivity index is 0.00000288. The average molecular weight is 334 g/mol. The van der Waals surface area contributed by atoms with Gasteiger partial charge in [-0.15, -0.1) is 0 Å². The van der Waals surface area contributed by atoms with E-state index in [1.54, 1.807) is 0 Å². The molecule has 136 valence electrons. The molecule has 1 fully saturated rings. The van der Waals surface area contributed by atoms with E-state index in [2.05, 4.69) is 51.8 Å². The van der Waals surface area contributed by atoms with Crippen LogP contribution in [-0.2, 0) is 9.63 Å². The summed E-state index contributed by atoms with van der Waals surface area (Å²) in [6.07, 6.45) is 2.30. The second-order valence-corrected chi connectivity index (χ2v) is 7.38. The van der Waals surface area contributed by atoms with Crippen molar-refractivity contribution in [2.24, 2.45) is 5.92 Å². The van der Waals surface area contributed by atoms with Crippen LogP contribution in [0.4, 0.5) is 0 Å². The molecule has 1 aliphatic heterocycles. The standard InChI is InChI=1S/C20H31NO2.CH4/c1-7-19(5)14-18(22)15(3)20(6,8-2)21(19)23-16(4)17-12-10-9-11-13-17;/h9-13,15-16H,7-8,14H2,1-6H3;1H4. The lowest BCUT2D eigenvalue weighted by atomic mass is 9.70. The summed E-state index contributed by atoms with van der Waals surface area (Å²) in [6.45, 7) is 12.7. The summed E-state index contributed by atoms with van der Waals surface area (Å²) >= 11 is 0. The Morgan fingerprint density at radius 1 is 1.21 bits per heavy atom. The van der Waals surface area contributed by atoms with Crippen LogP contribution in [0.5, 0.6) is 0 Å². The average Bonchev–Trinajstić information content (AvgIpc) is 2.57. The molecular weight excluding hydrogens is 298 g/mol. The Labute approximate surface area is 148 Å². The van der Waals surface area contributed by atoms with E-state index in [0.717, 1.165) is 18.4 Å². The summed E-state index contributed by atoms with van der Waals surface area (Å²) in [5, 5.41) is 2.16. The van der Waals surface area contributed by atoms with Crippen LogP contribution in [0.15, 0.2) is 30.3 Å². The lowest BCUT2D eigenvalue weighted by Crippen LogP contribution is -2.66. The van der Waals surface area contributed by atoms with Crippen LogP contribution in [0.1, 0.15) is 79.9 Å². The lowest BCUT2D eigenvalue weighted by Gasteiger charge is -2.56. The Hall–Kier alpha value is -1.19. The molecule has 0 aromatic heterocycles. The molecule has 4 atom stereocenters. The van der Waals surface area contributed by atoms with Crippen LogP contribution in [0.25, 0.3) is 0 Å². The molecule has 0 amide bonds. The van der Waals surface area contributed by atoms with Crippen molar-refractivity contribution in [3.8, 4) is 0 Å². The maximum absolute atomic E-state index is 12.6. The highest BCUT2D eigenvalue weighted by atomic mass is 16.7. The van der Waals surface area contributed by atoms with Gasteiger partial charge in [0.1, 0.15) is 11.9 Å². The Kier molecular flexibility index (Phi) is 6.77. The molecule has 3 nitrogen and oxygen atoms in total. The van der Waals surface area contributed by atoms with Gasteiger partial charge >= 0.3 is 0 Å². The zero-order chi connectivity index (χ0) is 17.3. The molecule has 0 N–H and O–H groups in total. The molecular formula is C21H35NO2. The van der Waals surface area contributed by atoms with Crippen LogP contribution >= 0.6 is 0 Å². The largest absolute Gasteiger partial charge is 0.299 e. The van der Waals surface area contributed by atoms with Crippen LogP contribution in [-0.4, -0.2) is 21.9 Å². The normalized spacial score (nSPS) is 32.2. The first-order chi connectivity index (χ1) is 10.8. The van der Waals surface area contributed by atoms with Crippen molar-refractivity contribution >= 4 is 5.78 Å². The van der Waals surface area contributed by atoms with Gasteiger partial charge in [0.2, 0.25) is 0 Å². The summed E-state index contributed by atoms with van der Waals surface area (Å²) in [7, 11) is 0. The molecule has 1 saturated heterocycles. The maximum atomic E-state index is 12.6. The summed E-state index contributed by atoms with van der Waals surface area (Å²) < 4.78 is 0. The van der Waals surface area contributed by atoms with Crippen LogP contribution in [0, 0.1) is 5.92 Å². The fourth-order valence-electron chi connectivity index (χ4n) is 3.65. The first kappa shape index (κ1) is 20.9. The molecule has 0 aliphatic carbocycles. The Morgan fingerprint density at radius 3 is 2.29 bits per heavy atom. The molecule has 1 aromatic carbocycles. The van der Waals surface area contributed by atoms with Gasteiger partial charge in [0.05, 0.1) is 11.1 Å². The van der Waals surface area contributed by atoms with E-state index in [1.807, 2.05) is 25.1 Å². The number of piperidine rings is 1. The fourth-order valence-corrected chi connectivity index (χ4v) is 3.65. The highest BCUT2D eigenvalue weighted by Crippen LogP contribution is 2.45. The predicted octanol–water partition coefficient (Wildman–Crippen LogP) is 5.56. The van der Waals surface area contributed by atoms with E-state index in [0.29, 0.717) is 12.2 Å². The van der Waals surface area contributed by atoms with Gasteiger partial charge in [0, 0.05) is 12.3 Å². The number of carbonyl (C=O) groups excluding carboxylic acids is 1. The topological polar surface area (TPSA) is 29.5 Å². The van der Waals surface area contributed by atoms with Crippen molar-refractivity contribution < 1.29 is 9.63 Å². The number of hydroxylamine groups is 2. The third-order valence-electron chi connectivity index (χ3n) is 5.94. The Bertz CT molecular complexity index is 544. The van der Waals surface area contributed by atoms with Crippen molar-refractivity contribution in [1.82, 2.24) is 5.06 Å². The van der Waals surface area contributed by atoms with E-state index in [1.165, 1.54) is 0 Å². The molecule has 1 heterocycles. The predicted molar refractivity (Wildman–Crippen MR) is 101 cm³/mol. The van der Waals surface area contributed by atoms with Gasteiger partial charge < -0.3 is 0 Å². The molecule has 0 radical (unpaired) electrons. The van der Waals surface area contributed by atoms with Gasteiger partial charge in [-0.3, -0.25) is 9.63 Å². The van der Waals surface area contributed by atoms with Crippen molar-refractivity contribution in [3.05, 3.63) is 35.9 Å². The number of ketones is 1. The SMILES string of the molecule is C.CCC1(C)CC(=O)C(C)C(C)(CC)N1OC(C)c1ccccc1.